The predicted octanol–water partition coefficient (Wildman–Crippen LogP) is 4.69. The summed E-state index contributed by atoms with van der Waals surface area (Å²) in [5.74, 6) is 0.321. The van der Waals surface area contributed by atoms with E-state index in [0.717, 1.165) is 25.1 Å². The van der Waals surface area contributed by atoms with Crippen molar-refractivity contribution >= 4 is 23.3 Å². The highest BCUT2D eigenvalue weighted by molar-refractivity contribution is 6.31. The van der Waals surface area contributed by atoms with Gasteiger partial charge in [-0.05, 0) is 49.1 Å². The summed E-state index contributed by atoms with van der Waals surface area (Å²) in [7, 11) is 0. The average molecular weight is 479 g/mol. The molecule has 2 atom stereocenters. The first kappa shape index (κ1) is 23.0. The van der Waals surface area contributed by atoms with E-state index in [1.807, 2.05) is 0 Å². The van der Waals surface area contributed by atoms with Crippen LogP contribution in [0.2, 0.25) is 5.02 Å². The third-order valence-electron chi connectivity index (χ3n) is 5.78. The quantitative estimate of drug-likeness (QED) is 0.576. The molecule has 0 bridgehead atoms. The zero-order chi connectivity index (χ0) is 23.6. The smallest absolute Gasteiger partial charge is 0.368 e. The lowest BCUT2D eigenvalue weighted by atomic mass is 9.90. The summed E-state index contributed by atoms with van der Waals surface area (Å²) in [5, 5.41) is 11.8. The van der Waals surface area contributed by atoms with Crippen LogP contribution in [0.25, 0.3) is 5.69 Å². The molecule has 0 saturated carbocycles. The number of piperidine rings is 1. The predicted molar refractivity (Wildman–Crippen MR) is 117 cm³/mol. The summed E-state index contributed by atoms with van der Waals surface area (Å²) in [5.41, 5.74) is 0.0904. The number of rotatable bonds is 5. The maximum atomic E-state index is 13.6. The van der Waals surface area contributed by atoms with Gasteiger partial charge in [-0.2, -0.15) is 28.2 Å². The Labute approximate surface area is 193 Å². The molecule has 1 N–H and O–H groups in total. The summed E-state index contributed by atoms with van der Waals surface area (Å²) >= 11 is 6.15. The van der Waals surface area contributed by atoms with Crippen molar-refractivity contribution in [3.63, 3.8) is 0 Å². The van der Waals surface area contributed by atoms with Gasteiger partial charge in [-0.25, -0.2) is 4.98 Å². The van der Waals surface area contributed by atoms with Crippen LogP contribution in [0.15, 0.2) is 48.9 Å². The molecule has 3 heterocycles. The molecule has 4 rings (SSSR count). The molecule has 0 aliphatic carbocycles. The van der Waals surface area contributed by atoms with E-state index in [9.17, 15) is 18.0 Å². The Bertz CT molecular complexity index is 1100. The number of benzene rings is 1. The highest BCUT2D eigenvalue weighted by Crippen LogP contribution is 2.30. The number of halogens is 4. The first-order valence-corrected chi connectivity index (χ1v) is 10.9. The molecule has 7 nitrogen and oxygen atoms in total. The molecule has 1 aliphatic rings. The van der Waals surface area contributed by atoms with Crippen molar-refractivity contribution in [2.45, 2.75) is 32.0 Å². The van der Waals surface area contributed by atoms with Gasteiger partial charge in [-0.1, -0.05) is 18.5 Å². The summed E-state index contributed by atoms with van der Waals surface area (Å²) in [4.78, 5) is 20.6. The van der Waals surface area contributed by atoms with Gasteiger partial charge in [-0.3, -0.25) is 4.79 Å². The van der Waals surface area contributed by atoms with Crippen LogP contribution in [0.1, 0.15) is 35.7 Å². The van der Waals surface area contributed by atoms with Crippen molar-refractivity contribution in [3.05, 3.63) is 65.1 Å². The van der Waals surface area contributed by atoms with E-state index < -0.39 is 11.7 Å². The summed E-state index contributed by atoms with van der Waals surface area (Å²) in [6.07, 6.45) is 1.18. The molecule has 174 valence electrons. The van der Waals surface area contributed by atoms with E-state index in [2.05, 4.69) is 27.4 Å². The first-order chi connectivity index (χ1) is 15.7. The van der Waals surface area contributed by atoms with Gasteiger partial charge in [0.1, 0.15) is 5.82 Å². The van der Waals surface area contributed by atoms with E-state index in [0.29, 0.717) is 35.2 Å². The van der Waals surface area contributed by atoms with E-state index in [4.69, 9.17) is 11.6 Å². The van der Waals surface area contributed by atoms with Crippen LogP contribution in [-0.4, -0.2) is 49.9 Å². The van der Waals surface area contributed by atoms with Gasteiger partial charge >= 0.3 is 6.18 Å². The summed E-state index contributed by atoms with van der Waals surface area (Å²) in [6, 6.07) is 7.05. The third-order valence-corrected chi connectivity index (χ3v) is 6.02. The lowest BCUT2D eigenvalue weighted by Crippen LogP contribution is -2.51. The maximum absolute atomic E-state index is 13.6. The largest absolute Gasteiger partial charge is 0.417 e. The molecule has 1 aromatic carbocycles. The number of carbonyl (C=O) groups excluding carboxylic acids is 1. The van der Waals surface area contributed by atoms with Crippen LogP contribution in [0.3, 0.4) is 0 Å². The Morgan fingerprint density at radius 1 is 1.21 bits per heavy atom. The van der Waals surface area contributed by atoms with E-state index in [1.165, 1.54) is 23.3 Å². The van der Waals surface area contributed by atoms with Gasteiger partial charge in [0.05, 0.1) is 35.2 Å². The number of hydrogen-bond donors (Lipinski definition) is 1. The number of alkyl halides is 3. The van der Waals surface area contributed by atoms with Crippen molar-refractivity contribution in [1.82, 2.24) is 24.9 Å². The molecule has 2 aromatic heterocycles. The standard InChI is InChI=1S/C22H22ClF3N6O/c1-14-3-2-10-31(19(14)13-28-20-7-4-15(12-27-20)22(24,25)26)21(33)17-6-5-16(23)11-18(17)32-29-8-9-30-32/h4-9,11-12,14,19H,2-3,10,13H2,1H3,(H,27,28)/t14?,19-/m1/s1. The van der Waals surface area contributed by atoms with Crippen LogP contribution in [0, 0.1) is 5.92 Å². The molecular formula is C22H22ClF3N6O. The van der Waals surface area contributed by atoms with Crippen LogP contribution in [0.4, 0.5) is 19.0 Å². The fraction of sp³-hybridized carbons (Fsp3) is 0.364. The Kier molecular flexibility index (Phi) is 6.55. The van der Waals surface area contributed by atoms with E-state index in [-0.39, 0.29) is 17.9 Å². The highest BCUT2D eigenvalue weighted by atomic mass is 35.5. The summed E-state index contributed by atoms with van der Waals surface area (Å²) < 4.78 is 38.4. The maximum Gasteiger partial charge on any atom is 0.417 e. The molecule has 1 saturated heterocycles. The molecule has 1 fully saturated rings. The normalized spacial score (nSPS) is 18.9. The molecule has 1 amide bonds. The number of amides is 1. The Hall–Kier alpha value is -3.14. The Morgan fingerprint density at radius 3 is 2.64 bits per heavy atom. The van der Waals surface area contributed by atoms with Gasteiger partial charge in [0.2, 0.25) is 0 Å². The molecule has 1 unspecified atom stereocenters. The van der Waals surface area contributed by atoms with Crippen molar-refractivity contribution in [1.29, 1.82) is 0 Å². The number of nitrogens with one attached hydrogen (secondary N) is 1. The monoisotopic (exact) mass is 478 g/mol. The van der Waals surface area contributed by atoms with Gasteiger partial charge in [0.15, 0.2) is 0 Å². The van der Waals surface area contributed by atoms with Crippen molar-refractivity contribution in [3.8, 4) is 5.69 Å². The zero-order valence-electron chi connectivity index (χ0n) is 17.8. The van der Waals surface area contributed by atoms with Crippen LogP contribution < -0.4 is 5.32 Å². The number of carbonyl (C=O) groups is 1. The SMILES string of the molecule is CC1CCCN(C(=O)c2ccc(Cl)cc2-n2nccn2)[C@@H]1CNc1ccc(C(F)(F)F)cn1. The first-order valence-electron chi connectivity index (χ1n) is 10.5. The fourth-order valence-electron chi connectivity index (χ4n) is 4.03. The van der Waals surface area contributed by atoms with E-state index in [1.54, 1.807) is 23.1 Å². The van der Waals surface area contributed by atoms with Gasteiger partial charge in [0, 0.05) is 24.3 Å². The van der Waals surface area contributed by atoms with Crippen molar-refractivity contribution in [2.24, 2.45) is 5.92 Å². The van der Waals surface area contributed by atoms with Crippen LogP contribution >= 0.6 is 11.6 Å². The molecule has 3 aromatic rings. The Balaban J connectivity index is 1.55. The van der Waals surface area contributed by atoms with Crippen LogP contribution in [0.5, 0.6) is 0 Å². The number of likely N-dealkylation sites (tertiary alicyclic amines) is 1. The fourth-order valence-corrected chi connectivity index (χ4v) is 4.20. The molecule has 0 spiro atoms. The number of aromatic nitrogens is 4. The number of nitrogens with zero attached hydrogens (tertiary/aromatic N) is 5. The highest BCUT2D eigenvalue weighted by Gasteiger charge is 2.34. The lowest BCUT2D eigenvalue weighted by molar-refractivity contribution is -0.137. The minimum Gasteiger partial charge on any atom is -0.368 e. The minimum atomic E-state index is -4.44. The summed E-state index contributed by atoms with van der Waals surface area (Å²) in [6.45, 7) is 2.97. The molecule has 33 heavy (non-hydrogen) atoms. The Morgan fingerprint density at radius 2 is 1.97 bits per heavy atom. The number of hydrogen-bond acceptors (Lipinski definition) is 5. The topological polar surface area (TPSA) is 75.9 Å². The second kappa shape index (κ2) is 9.38. The third kappa shape index (κ3) is 5.11. The number of anilines is 1. The molecular weight excluding hydrogens is 457 g/mol. The van der Waals surface area contributed by atoms with E-state index >= 15 is 0 Å². The molecule has 11 heteroatoms. The molecule has 1 aliphatic heterocycles. The lowest BCUT2D eigenvalue weighted by Gasteiger charge is -2.40. The minimum absolute atomic E-state index is 0.176. The van der Waals surface area contributed by atoms with Gasteiger partial charge in [-0.15, -0.1) is 0 Å². The van der Waals surface area contributed by atoms with Crippen LogP contribution in [-0.2, 0) is 6.18 Å². The van der Waals surface area contributed by atoms with Crippen molar-refractivity contribution < 1.29 is 18.0 Å². The van der Waals surface area contributed by atoms with Gasteiger partial charge in [0.25, 0.3) is 5.91 Å². The molecule has 0 radical (unpaired) electrons. The second-order valence-corrected chi connectivity index (χ2v) is 8.41. The second-order valence-electron chi connectivity index (χ2n) is 7.98. The number of pyridine rings is 1. The average Bonchev–Trinajstić information content (AvgIpc) is 3.32. The zero-order valence-corrected chi connectivity index (χ0v) is 18.5. The van der Waals surface area contributed by atoms with Crippen molar-refractivity contribution in [2.75, 3.05) is 18.4 Å². The van der Waals surface area contributed by atoms with Gasteiger partial charge < -0.3 is 10.2 Å².